The van der Waals surface area contributed by atoms with Gasteiger partial charge in [0.05, 0.1) is 28.1 Å². The molecule has 0 fully saturated rings. The number of thioether (sulfide) groups is 1. The lowest BCUT2D eigenvalue weighted by molar-refractivity contribution is -0.139. The maximum atomic E-state index is 11.2. The van der Waals surface area contributed by atoms with Crippen LogP contribution in [0, 0.1) is 0 Å². The zero-order valence-electron chi connectivity index (χ0n) is 8.87. The zero-order chi connectivity index (χ0) is 12.1. The highest BCUT2D eigenvalue weighted by Gasteiger charge is 2.14. The number of pyridine rings is 1. The Morgan fingerprint density at radius 1 is 1.62 bits per heavy atom. The average Bonchev–Trinajstić information content (AvgIpc) is 2.26. The first-order valence-corrected chi connectivity index (χ1v) is 6.34. The smallest absolute Gasteiger partial charge is 0.318 e. The van der Waals surface area contributed by atoms with Gasteiger partial charge in [0.25, 0.3) is 0 Å². The Morgan fingerprint density at radius 3 is 2.88 bits per heavy atom. The van der Waals surface area contributed by atoms with Crippen LogP contribution in [-0.4, -0.2) is 23.3 Å². The van der Waals surface area contributed by atoms with Gasteiger partial charge in [0.15, 0.2) is 0 Å². The van der Waals surface area contributed by atoms with Gasteiger partial charge in [-0.2, -0.15) is 0 Å². The van der Waals surface area contributed by atoms with Crippen LogP contribution in [0.5, 0.6) is 0 Å². The Labute approximate surface area is 108 Å². The fourth-order valence-electron chi connectivity index (χ4n) is 0.987. The molecule has 3 nitrogen and oxygen atoms in total. The van der Waals surface area contributed by atoms with Gasteiger partial charge in [0, 0.05) is 11.9 Å². The monoisotopic (exact) mass is 279 g/mol. The van der Waals surface area contributed by atoms with Crippen LogP contribution in [0.2, 0.25) is 10.0 Å². The Hall–Kier alpha value is -0.450. The van der Waals surface area contributed by atoms with Crippen molar-refractivity contribution in [1.82, 2.24) is 4.98 Å². The Balaban J connectivity index is 2.58. The first-order valence-electron chi connectivity index (χ1n) is 4.54. The quantitative estimate of drug-likeness (QED) is 0.794. The number of halogens is 2. The molecule has 0 amide bonds. The molecular weight excluding hydrogens is 269 g/mol. The molecule has 6 heteroatoms. The van der Waals surface area contributed by atoms with E-state index >= 15 is 0 Å². The molecule has 0 aromatic carbocycles. The molecule has 0 unspecified atom stereocenters. The van der Waals surface area contributed by atoms with Gasteiger partial charge >= 0.3 is 5.97 Å². The molecule has 1 aromatic rings. The van der Waals surface area contributed by atoms with Crippen molar-refractivity contribution >= 4 is 40.9 Å². The molecular formula is C10H11Cl2NO2S. The Bertz CT molecular complexity index is 387. The SMILES string of the molecule is COC(=O)[C@@H](C)SCc1ncc(Cl)cc1Cl. The van der Waals surface area contributed by atoms with Crippen LogP contribution in [-0.2, 0) is 15.3 Å². The van der Waals surface area contributed by atoms with Crippen molar-refractivity contribution < 1.29 is 9.53 Å². The number of nitrogens with zero attached hydrogens (tertiary/aromatic N) is 1. The predicted octanol–water partition coefficient (Wildman–Crippen LogP) is 3.18. The number of aromatic nitrogens is 1. The second kappa shape index (κ2) is 6.33. The van der Waals surface area contributed by atoms with Gasteiger partial charge in [0.2, 0.25) is 0 Å². The molecule has 1 aromatic heterocycles. The minimum absolute atomic E-state index is 0.237. The average molecular weight is 280 g/mol. The summed E-state index contributed by atoms with van der Waals surface area (Å²) in [6, 6.07) is 1.63. The summed E-state index contributed by atoms with van der Waals surface area (Å²) < 4.78 is 4.62. The third-order valence-corrected chi connectivity index (χ3v) is 3.55. The summed E-state index contributed by atoms with van der Waals surface area (Å²) in [5.74, 6) is 0.293. The molecule has 0 aliphatic rings. The summed E-state index contributed by atoms with van der Waals surface area (Å²) in [5, 5.41) is 0.773. The highest BCUT2D eigenvalue weighted by molar-refractivity contribution is 7.99. The Kier molecular flexibility index (Phi) is 5.38. The van der Waals surface area contributed by atoms with E-state index in [9.17, 15) is 4.79 Å². The number of methoxy groups -OCH3 is 1. The maximum Gasteiger partial charge on any atom is 0.318 e. The van der Waals surface area contributed by atoms with Gasteiger partial charge in [-0.25, -0.2) is 0 Å². The second-order valence-electron chi connectivity index (χ2n) is 3.06. The van der Waals surface area contributed by atoms with E-state index in [1.807, 2.05) is 0 Å². The minimum atomic E-state index is -0.255. The molecule has 0 N–H and O–H groups in total. The first-order chi connectivity index (χ1) is 7.54. The summed E-state index contributed by atoms with van der Waals surface area (Å²) >= 11 is 13.1. The topological polar surface area (TPSA) is 39.2 Å². The number of hydrogen-bond donors (Lipinski definition) is 0. The summed E-state index contributed by atoms with van der Waals surface area (Å²) in [6.45, 7) is 1.78. The third kappa shape index (κ3) is 3.85. The molecule has 0 aliphatic heterocycles. The van der Waals surface area contributed by atoms with Crippen molar-refractivity contribution in [2.45, 2.75) is 17.9 Å². The van der Waals surface area contributed by atoms with Gasteiger partial charge in [-0.15, -0.1) is 11.8 Å². The summed E-state index contributed by atoms with van der Waals surface area (Å²) in [6.07, 6.45) is 1.53. The number of carbonyl (C=O) groups is 1. The molecule has 0 saturated heterocycles. The van der Waals surface area contributed by atoms with Crippen molar-refractivity contribution in [3.05, 3.63) is 28.0 Å². The van der Waals surface area contributed by atoms with Gasteiger partial charge < -0.3 is 4.74 Å². The van der Waals surface area contributed by atoms with E-state index in [4.69, 9.17) is 23.2 Å². The molecule has 88 valence electrons. The van der Waals surface area contributed by atoms with Crippen molar-refractivity contribution in [1.29, 1.82) is 0 Å². The summed E-state index contributed by atoms with van der Waals surface area (Å²) in [5.41, 5.74) is 0.715. The van der Waals surface area contributed by atoms with Crippen LogP contribution in [0.3, 0.4) is 0 Å². The molecule has 0 aliphatic carbocycles. The number of esters is 1. The van der Waals surface area contributed by atoms with E-state index in [1.165, 1.54) is 25.1 Å². The second-order valence-corrected chi connectivity index (χ2v) is 5.23. The van der Waals surface area contributed by atoms with Crippen molar-refractivity contribution in [2.24, 2.45) is 0 Å². The fraction of sp³-hybridized carbons (Fsp3) is 0.400. The highest BCUT2D eigenvalue weighted by Crippen LogP contribution is 2.24. The lowest BCUT2D eigenvalue weighted by atomic mass is 10.4. The normalized spacial score (nSPS) is 12.2. The van der Waals surface area contributed by atoms with E-state index in [1.54, 1.807) is 13.0 Å². The van der Waals surface area contributed by atoms with E-state index in [0.29, 0.717) is 21.5 Å². The number of ether oxygens (including phenoxy) is 1. The highest BCUT2D eigenvalue weighted by atomic mass is 35.5. The standard InChI is InChI=1S/C10H11Cl2NO2S/c1-6(10(14)15-2)16-5-9-8(12)3-7(11)4-13-9/h3-4,6H,5H2,1-2H3/t6-/m1/s1. The molecule has 0 bridgehead atoms. The van der Waals surface area contributed by atoms with E-state index in [-0.39, 0.29) is 11.2 Å². The lowest BCUT2D eigenvalue weighted by Crippen LogP contribution is -2.15. The van der Waals surface area contributed by atoms with Crippen LogP contribution >= 0.6 is 35.0 Å². The number of hydrogen-bond acceptors (Lipinski definition) is 4. The molecule has 16 heavy (non-hydrogen) atoms. The van der Waals surface area contributed by atoms with Crippen molar-refractivity contribution in [3.63, 3.8) is 0 Å². The lowest BCUT2D eigenvalue weighted by Gasteiger charge is -2.09. The predicted molar refractivity (Wildman–Crippen MR) is 67.0 cm³/mol. The van der Waals surface area contributed by atoms with Gasteiger partial charge in [0.1, 0.15) is 0 Å². The van der Waals surface area contributed by atoms with Gasteiger partial charge in [-0.1, -0.05) is 23.2 Å². The van der Waals surface area contributed by atoms with Crippen LogP contribution in [0.4, 0.5) is 0 Å². The number of rotatable bonds is 4. The van der Waals surface area contributed by atoms with Crippen LogP contribution in [0.1, 0.15) is 12.6 Å². The largest absolute Gasteiger partial charge is 0.468 e. The van der Waals surface area contributed by atoms with Gasteiger partial charge in [-0.3, -0.25) is 9.78 Å². The molecule has 0 radical (unpaired) electrons. The van der Waals surface area contributed by atoms with Gasteiger partial charge in [-0.05, 0) is 13.0 Å². The summed E-state index contributed by atoms with van der Waals surface area (Å²) in [7, 11) is 1.37. The summed E-state index contributed by atoms with van der Waals surface area (Å²) in [4.78, 5) is 15.3. The zero-order valence-corrected chi connectivity index (χ0v) is 11.2. The van der Waals surface area contributed by atoms with Crippen LogP contribution in [0.15, 0.2) is 12.3 Å². The third-order valence-electron chi connectivity index (χ3n) is 1.89. The molecule has 1 heterocycles. The van der Waals surface area contributed by atoms with E-state index in [0.717, 1.165) is 0 Å². The molecule has 0 saturated carbocycles. The molecule has 1 rings (SSSR count). The van der Waals surface area contributed by atoms with Crippen molar-refractivity contribution in [3.8, 4) is 0 Å². The molecule has 1 atom stereocenters. The van der Waals surface area contributed by atoms with Crippen LogP contribution in [0.25, 0.3) is 0 Å². The van der Waals surface area contributed by atoms with E-state index in [2.05, 4.69) is 9.72 Å². The molecule has 0 spiro atoms. The number of carbonyl (C=O) groups excluding carboxylic acids is 1. The Morgan fingerprint density at radius 2 is 2.31 bits per heavy atom. The fourth-order valence-corrected chi connectivity index (χ4v) is 2.38. The first kappa shape index (κ1) is 13.6. The van der Waals surface area contributed by atoms with Crippen molar-refractivity contribution in [2.75, 3.05) is 7.11 Å². The van der Waals surface area contributed by atoms with E-state index < -0.39 is 0 Å². The maximum absolute atomic E-state index is 11.2. The van der Waals surface area contributed by atoms with Crippen LogP contribution < -0.4 is 0 Å². The minimum Gasteiger partial charge on any atom is -0.468 e.